The van der Waals surface area contributed by atoms with Crippen LogP contribution in [0.4, 0.5) is 9.52 Å². The minimum absolute atomic E-state index is 0. The molecule has 0 bridgehead atoms. The van der Waals surface area contributed by atoms with E-state index in [9.17, 15) is 9.18 Å². The Bertz CT molecular complexity index is 689. The number of rotatable bonds is 3. The number of amides is 1. The van der Waals surface area contributed by atoms with Gasteiger partial charge in [-0.25, -0.2) is 9.37 Å². The van der Waals surface area contributed by atoms with Gasteiger partial charge in [0.05, 0.1) is 5.69 Å². The summed E-state index contributed by atoms with van der Waals surface area (Å²) in [4.78, 5) is 17.7. The van der Waals surface area contributed by atoms with Crippen LogP contribution in [0.2, 0.25) is 0 Å². The normalized spacial score (nSPS) is 20.1. The summed E-state index contributed by atoms with van der Waals surface area (Å²) in [7, 11) is 0. The molecule has 1 aliphatic rings. The molecule has 0 radical (unpaired) electrons. The molecule has 4 nitrogen and oxygen atoms in total. The fourth-order valence-electron chi connectivity index (χ4n) is 2.79. The van der Waals surface area contributed by atoms with Crippen molar-refractivity contribution in [1.82, 2.24) is 4.98 Å². The van der Waals surface area contributed by atoms with E-state index >= 15 is 0 Å². The van der Waals surface area contributed by atoms with Crippen molar-refractivity contribution in [3.05, 3.63) is 35.0 Å². The standard InChI is InChI=1S/C16H18FN3OS.ClH/c1-9-14(10-2-5-12(17)6-3-10)19-16(22-9)20-15(21)11-4-7-13(18)8-11;/h2-3,5-6,11,13H,4,7-8,18H2,1H3,(H,19,20,21);1H. The summed E-state index contributed by atoms with van der Waals surface area (Å²) in [5.74, 6) is -0.302. The number of aromatic nitrogens is 1. The highest BCUT2D eigenvalue weighted by atomic mass is 35.5. The number of halogens is 2. The molecule has 2 aromatic rings. The quantitative estimate of drug-likeness (QED) is 0.881. The van der Waals surface area contributed by atoms with Gasteiger partial charge >= 0.3 is 0 Å². The molecule has 2 unspecified atom stereocenters. The molecule has 1 amide bonds. The van der Waals surface area contributed by atoms with Crippen molar-refractivity contribution in [3.63, 3.8) is 0 Å². The van der Waals surface area contributed by atoms with Crippen LogP contribution in [0.25, 0.3) is 11.3 Å². The van der Waals surface area contributed by atoms with Gasteiger partial charge in [0.25, 0.3) is 0 Å². The molecule has 3 N–H and O–H groups in total. The van der Waals surface area contributed by atoms with Gasteiger partial charge in [-0.05, 0) is 50.5 Å². The number of anilines is 1. The average Bonchev–Trinajstić information content (AvgIpc) is 3.06. The second kappa shape index (κ2) is 7.38. The van der Waals surface area contributed by atoms with Crippen molar-refractivity contribution in [2.75, 3.05) is 5.32 Å². The molecule has 1 saturated carbocycles. The first kappa shape index (κ1) is 17.8. The molecule has 1 heterocycles. The maximum atomic E-state index is 13.0. The van der Waals surface area contributed by atoms with Crippen LogP contribution in [0.15, 0.2) is 24.3 Å². The van der Waals surface area contributed by atoms with Crippen molar-refractivity contribution < 1.29 is 9.18 Å². The largest absolute Gasteiger partial charge is 0.328 e. The van der Waals surface area contributed by atoms with E-state index in [1.165, 1.54) is 23.5 Å². The Labute approximate surface area is 144 Å². The third-order valence-corrected chi connectivity index (χ3v) is 4.87. The molecule has 0 aliphatic heterocycles. The van der Waals surface area contributed by atoms with Crippen LogP contribution < -0.4 is 11.1 Å². The van der Waals surface area contributed by atoms with Gasteiger partial charge in [-0.2, -0.15) is 0 Å². The minimum atomic E-state index is -0.275. The number of nitrogens with two attached hydrogens (primary N) is 1. The lowest BCUT2D eigenvalue weighted by molar-refractivity contribution is -0.119. The van der Waals surface area contributed by atoms with Gasteiger partial charge in [0.1, 0.15) is 5.82 Å². The highest BCUT2D eigenvalue weighted by Crippen LogP contribution is 2.32. The van der Waals surface area contributed by atoms with Crippen LogP contribution in [-0.2, 0) is 4.79 Å². The van der Waals surface area contributed by atoms with Gasteiger partial charge in [-0.3, -0.25) is 4.79 Å². The topological polar surface area (TPSA) is 68.0 Å². The second-order valence-corrected chi connectivity index (χ2v) is 6.89. The zero-order chi connectivity index (χ0) is 15.7. The summed E-state index contributed by atoms with van der Waals surface area (Å²) >= 11 is 1.43. The Kier molecular flexibility index (Phi) is 5.73. The third kappa shape index (κ3) is 4.07. The van der Waals surface area contributed by atoms with E-state index in [2.05, 4.69) is 10.3 Å². The Morgan fingerprint density at radius 2 is 2.04 bits per heavy atom. The summed E-state index contributed by atoms with van der Waals surface area (Å²) < 4.78 is 13.0. The number of nitrogens with one attached hydrogen (secondary N) is 1. The lowest BCUT2D eigenvalue weighted by Gasteiger charge is -2.08. The number of nitrogens with zero attached hydrogens (tertiary/aromatic N) is 1. The third-order valence-electron chi connectivity index (χ3n) is 3.99. The van der Waals surface area contributed by atoms with Crippen LogP contribution in [0.5, 0.6) is 0 Å². The highest BCUT2D eigenvalue weighted by molar-refractivity contribution is 7.16. The summed E-state index contributed by atoms with van der Waals surface area (Å²) in [6.07, 6.45) is 2.47. The van der Waals surface area contributed by atoms with Crippen molar-refractivity contribution in [2.45, 2.75) is 32.2 Å². The Morgan fingerprint density at radius 1 is 1.35 bits per heavy atom. The molecule has 0 spiro atoms. The predicted molar refractivity (Wildman–Crippen MR) is 93.4 cm³/mol. The number of thiazole rings is 1. The van der Waals surface area contributed by atoms with E-state index in [1.807, 2.05) is 6.92 Å². The van der Waals surface area contributed by atoms with E-state index in [1.54, 1.807) is 12.1 Å². The molecule has 124 valence electrons. The second-order valence-electron chi connectivity index (χ2n) is 5.69. The van der Waals surface area contributed by atoms with Crippen molar-refractivity contribution in [3.8, 4) is 11.3 Å². The van der Waals surface area contributed by atoms with E-state index < -0.39 is 0 Å². The fraction of sp³-hybridized carbons (Fsp3) is 0.375. The van der Waals surface area contributed by atoms with E-state index in [0.717, 1.165) is 35.4 Å². The number of hydrogen-bond acceptors (Lipinski definition) is 4. The van der Waals surface area contributed by atoms with Gasteiger partial charge in [0.2, 0.25) is 5.91 Å². The predicted octanol–water partition coefficient (Wildman–Crippen LogP) is 3.75. The molecule has 0 saturated heterocycles. The number of carbonyl (C=O) groups is 1. The summed E-state index contributed by atoms with van der Waals surface area (Å²) in [5.41, 5.74) is 7.48. The first-order chi connectivity index (χ1) is 10.5. The van der Waals surface area contributed by atoms with Gasteiger partial charge in [0.15, 0.2) is 5.13 Å². The van der Waals surface area contributed by atoms with Crippen LogP contribution in [0.3, 0.4) is 0 Å². The maximum absolute atomic E-state index is 13.0. The molecule has 1 aliphatic carbocycles. The number of aryl methyl sites for hydroxylation is 1. The summed E-state index contributed by atoms with van der Waals surface area (Å²) in [5, 5.41) is 3.47. The van der Waals surface area contributed by atoms with E-state index in [0.29, 0.717) is 5.13 Å². The van der Waals surface area contributed by atoms with Crippen LogP contribution in [0, 0.1) is 18.7 Å². The molecule has 3 rings (SSSR count). The minimum Gasteiger partial charge on any atom is -0.328 e. The van der Waals surface area contributed by atoms with E-state index in [4.69, 9.17) is 5.73 Å². The monoisotopic (exact) mass is 355 g/mol. The van der Waals surface area contributed by atoms with Crippen LogP contribution in [0.1, 0.15) is 24.1 Å². The van der Waals surface area contributed by atoms with E-state index in [-0.39, 0.29) is 36.1 Å². The number of benzene rings is 1. The molecule has 1 aromatic heterocycles. The Morgan fingerprint density at radius 3 is 2.65 bits per heavy atom. The number of carbonyl (C=O) groups excluding carboxylic acids is 1. The fourth-order valence-corrected chi connectivity index (χ4v) is 3.63. The van der Waals surface area contributed by atoms with Crippen molar-refractivity contribution in [2.24, 2.45) is 11.7 Å². The Hall–Kier alpha value is -1.50. The molecular formula is C16H19ClFN3OS. The molecule has 7 heteroatoms. The first-order valence-electron chi connectivity index (χ1n) is 7.32. The molecule has 1 aromatic carbocycles. The van der Waals surface area contributed by atoms with Crippen molar-refractivity contribution >= 4 is 34.8 Å². The number of hydrogen-bond donors (Lipinski definition) is 2. The Balaban J connectivity index is 0.00000192. The van der Waals surface area contributed by atoms with Gasteiger partial charge in [-0.1, -0.05) is 0 Å². The zero-order valence-electron chi connectivity index (χ0n) is 12.7. The first-order valence-corrected chi connectivity index (χ1v) is 8.14. The van der Waals surface area contributed by atoms with Crippen LogP contribution in [-0.4, -0.2) is 16.9 Å². The molecule has 2 atom stereocenters. The molecular weight excluding hydrogens is 337 g/mol. The molecule has 23 heavy (non-hydrogen) atoms. The lowest BCUT2D eigenvalue weighted by atomic mass is 10.1. The zero-order valence-corrected chi connectivity index (χ0v) is 14.3. The van der Waals surface area contributed by atoms with Gasteiger partial charge in [-0.15, -0.1) is 23.7 Å². The van der Waals surface area contributed by atoms with Gasteiger partial charge < -0.3 is 11.1 Å². The highest BCUT2D eigenvalue weighted by Gasteiger charge is 2.28. The smallest absolute Gasteiger partial charge is 0.229 e. The summed E-state index contributed by atoms with van der Waals surface area (Å²) in [6.45, 7) is 1.94. The van der Waals surface area contributed by atoms with Crippen LogP contribution >= 0.6 is 23.7 Å². The average molecular weight is 356 g/mol. The SMILES string of the molecule is Cc1sc(NC(=O)C2CCC(N)C2)nc1-c1ccc(F)cc1.Cl. The summed E-state index contributed by atoms with van der Waals surface area (Å²) in [6, 6.07) is 6.33. The maximum Gasteiger partial charge on any atom is 0.229 e. The molecule has 1 fully saturated rings. The van der Waals surface area contributed by atoms with Gasteiger partial charge in [0, 0.05) is 22.4 Å². The lowest BCUT2D eigenvalue weighted by Crippen LogP contribution is -2.23. The van der Waals surface area contributed by atoms with Crippen molar-refractivity contribution in [1.29, 1.82) is 0 Å².